The van der Waals surface area contributed by atoms with Crippen molar-refractivity contribution in [3.63, 3.8) is 0 Å². The Morgan fingerprint density at radius 3 is 1.84 bits per heavy atom. The highest BCUT2D eigenvalue weighted by Gasteiger charge is 2.28. The summed E-state index contributed by atoms with van der Waals surface area (Å²) in [6.07, 6.45) is 8.56. The predicted molar refractivity (Wildman–Crippen MR) is 91.5 cm³/mol. The number of aliphatic carboxylic acids is 1. The fourth-order valence-electron chi connectivity index (χ4n) is 2.30. The first kappa shape index (κ1) is 23.8. The molecule has 0 radical (unpaired) electrons. The van der Waals surface area contributed by atoms with Gasteiger partial charge in [-0.1, -0.05) is 64.7 Å². The van der Waals surface area contributed by atoms with Gasteiger partial charge in [0.2, 0.25) is 0 Å². The molecule has 0 amide bonds. The van der Waals surface area contributed by atoms with Crippen LogP contribution in [0.1, 0.15) is 77.6 Å². The van der Waals surface area contributed by atoms with E-state index in [0.29, 0.717) is 6.42 Å². The minimum Gasteiger partial charge on any atom is -0.479 e. The molecule has 0 aromatic heterocycles. The smallest absolute Gasteiger partial charge is 0.398 e. The Kier molecular flexibility index (Phi) is 13.4. The minimum atomic E-state index is -4.95. The van der Waals surface area contributed by atoms with E-state index in [0.717, 1.165) is 19.3 Å². The zero-order chi connectivity index (χ0) is 19.1. The largest absolute Gasteiger partial charge is 0.479 e. The third kappa shape index (κ3) is 16.0. The first-order valence-corrected chi connectivity index (χ1v) is 10.2. The average Bonchev–Trinajstić information content (AvgIpc) is 2.50. The van der Waals surface area contributed by atoms with E-state index in [1.165, 1.54) is 38.5 Å². The maximum atomic E-state index is 11.5. The van der Waals surface area contributed by atoms with Crippen LogP contribution in [-0.4, -0.2) is 42.7 Å². The van der Waals surface area contributed by atoms with Crippen LogP contribution in [0.15, 0.2) is 0 Å². The quantitative estimate of drug-likeness (QED) is 0.237. The van der Waals surface area contributed by atoms with Crippen LogP contribution in [0.2, 0.25) is 0 Å². The molecule has 25 heavy (non-hydrogen) atoms. The van der Waals surface area contributed by atoms with Gasteiger partial charge in [0.15, 0.2) is 6.10 Å². The SMILES string of the molecule is CCCCCCCCCCCCOC(=O)CC(OS(=O)(=O)O)C(=O)O. The second-order valence-electron chi connectivity index (χ2n) is 5.96. The van der Waals surface area contributed by atoms with Crippen molar-refractivity contribution in [1.29, 1.82) is 0 Å². The molecule has 0 aliphatic heterocycles. The molecule has 0 heterocycles. The van der Waals surface area contributed by atoms with E-state index >= 15 is 0 Å². The maximum absolute atomic E-state index is 11.5. The number of carbonyl (C=O) groups excluding carboxylic acids is 1. The van der Waals surface area contributed by atoms with Crippen LogP contribution in [-0.2, 0) is 28.9 Å². The summed E-state index contributed by atoms with van der Waals surface area (Å²) in [5, 5.41) is 8.74. The second-order valence-corrected chi connectivity index (χ2v) is 7.01. The molecule has 0 aromatic carbocycles. The number of esters is 1. The Bertz CT molecular complexity index is 475. The van der Waals surface area contributed by atoms with Gasteiger partial charge >= 0.3 is 22.3 Å². The van der Waals surface area contributed by atoms with E-state index in [2.05, 4.69) is 11.1 Å². The third-order valence-corrected chi connectivity index (χ3v) is 4.10. The molecule has 0 aliphatic rings. The van der Waals surface area contributed by atoms with Gasteiger partial charge in [-0.05, 0) is 6.42 Å². The number of rotatable bonds is 16. The lowest BCUT2D eigenvalue weighted by atomic mass is 10.1. The van der Waals surface area contributed by atoms with E-state index in [9.17, 15) is 18.0 Å². The molecule has 0 bridgehead atoms. The normalized spacial score (nSPS) is 12.7. The van der Waals surface area contributed by atoms with Gasteiger partial charge in [0.05, 0.1) is 13.0 Å². The van der Waals surface area contributed by atoms with E-state index in [-0.39, 0.29) is 6.61 Å². The number of carboxylic acid groups (broad SMARTS) is 1. The Balaban J connectivity index is 3.67. The Morgan fingerprint density at radius 1 is 0.920 bits per heavy atom. The van der Waals surface area contributed by atoms with Crippen molar-refractivity contribution in [2.75, 3.05) is 6.61 Å². The summed E-state index contributed by atoms with van der Waals surface area (Å²) in [6, 6.07) is 0. The van der Waals surface area contributed by atoms with Crippen LogP contribution in [0.3, 0.4) is 0 Å². The molecular weight excluding hydrogens is 352 g/mol. The molecule has 9 heteroatoms. The van der Waals surface area contributed by atoms with E-state index in [4.69, 9.17) is 14.4 Å². The summed E-state index contributed by atoms with van der Waals surface area (Å²) in [5.41, 5.74) is 0. The van der Waals surface area contributed by atoms with Crippen LogP contribution in [0.25, 0.3) is 0 Å². The summed E-state index contributed by atoms with van der Waals surface area (Å²) in [7, 11) is -4.95. The predicted octanol–water partition coefficient (Wildman–Crippen LogP) is 3.11. The van der Waals surface area contributed by atoms with Crippen LogP contribution in [0.5, 0.6) is 0 Å². The van der Waals surface area contributed by atoms with Gasteiger partial charge in [-0.25, -0.2) is 8.98 Å². The lowest BCUT2D eigenvalue weighted by Crippen LogP contribution is -2.30. The summed E-state index contributed by atoms with van der Waals surface area (Å²) >= 11 is 0. The highest BCUT2D eigenvalue weighted by Crippen LogP contribution is 2.11. The third-order valence-electron chi connectivity index (χ3n) is 3.63. The molecule has 1 unspecified atom stereocenters. The summed E-state index contributed by atoms with van der Waals surface area (Å²) < 4.78 is 38.2. The summed E-state index contributed by atoms with van der Waals surface area (Å²) in [4.78, 5) is 22.2. The molecule has 0 fully saturated rings. The van der Waals surface area contributed by atoms with Gasteiger partial charge < -0.3 is 9.84 Å². The Labute approximate surface area is 149 Å². The molecule has 0 aliphatic carbocycles. The molecule has 0 saturated heterocycles. The number of hydrogen-bond donors (Lipinski definition) is 2. The fourth-order valence-corrected chi connectivity index (χ4v) is 2.74. The monoisotopic (exact) mass is 382 g/mol. The van der Waals surface area contributed by atoms with Crippen molar-refractivity contribution >= 4 is 22.3 Å². The first-order valence-electron chi connectivity index (χ1n) is 8.80. The molecule has 0 rings (SSSR count). The lowest BCUT2D eigenvalue weighted by molar-refractivity contribution is -0.154. The summed E-state index contributed by atoms with van der Waals surface area (Å²) in [6.45, 7) is 2.34. The first-order chi connectivity index (χ1) is 11.8. The number of carboxylic acids is 1. The number of unbranched alkanes of at least 4 members (excludes halogenated alkanes) is 9. The average molecular weight is 382 g/mol. The molecule has 148 valence electrons. The van der Waals surface area contributed by atoms with Crippen molar-refractivity contribution in [1.82, 2.24) is 0 Å². The van der Waals surface area contributed by atoms with Crippen molar-refractivity contribution < 1.29 is 36.6 Å². The van der Waals surface area contributed by atoms with Gasteiger partial charge in [0, 0.05) is 0 Å². The van der Waals surface area contributed by atoms with Gasteiger partial charge in [0.1, 0.15) is 0 Å². The second kappa shape index (κ2) is 14.0. The lowest BCUT2D eigenvalue weighted by Gasteiger charge is -2.10. The molecule has 0 spiro atoms. The topological polar surface area (TPSA) is 127 Å². The molecule has 2 N–H and O–H groups in total. The van der Waals surface area contributed by atoms with E-state index < -0.39 is 34.9 Å². The Morgan fingerprint density at radius 2 is 1.40 bits per heavy atom. The van der Waals surface area contributed by atoms with Gasteiger partial charge in [0.25, 0.3) is 0 Å². The standard InChI is InChI=1S/C16H30O8S/c1-2-3-4-5-6-7-8-9-10-11-12-23-15(17)13-14(16(18)19)24-25(20,21)22/h14H,2-13H2,1H3,(H,18,19)(H,20,21,22). The highest BCUT2D eigenvalue weighted by molar-refractivity contribution is 7.80. The van der Waals surface area contributed by atoms with Crippen molar-refractivity contribution in [2.45, 2.75) is 83.7 Å². The molecular formula is C16H30O8S. The number of carbonyl (C=O) groups is 2. The van der Waals surface area contributed by atoms with Crippen LogP contribution in [0, 0.1) is 0 Å². The summed E-state index contributed by atoms with van der Waals surface area (Å²) in [5.74, 6) is -2.56. The van der Waals surface area contributed by atoms with Crippen LogP contribution >= 0.6 is 0 Å². The van der Waals surface area contributed by atoms with Crippen molar-refractivity contribution in [3.8, 4) is 0 Å². The highest BCUT2D eigenvalue weighted by atomic mass is 32.3. The van der Waals surface area contributed by atoms with Gasteiger partial charge in [-0.15, -0.1) is 0 Å². The minimum absolute atomic E-state index is 0.146. The van der Waals surface area contributed by atoms with E-state index in [1.807, 2.05) is 0 Å². The zero-order valence-corrected chi connectivity index (χ0v) is 15.6. The van der Waals surface area contributed by atoms with Crippen molar-refractivity contribution in [3.05, 3.63) is 0 Å². The van der Waals surface area contributed by atoms with Gasteiger partial charge in [-0.3, -0.25) is 9.35 Å². The maximum Gasteiger partial charge on any atom is 0.398 e. The molecule has 0 aromatic rings. The van der Waals surface area contributed by atoms with Crippen LogP contribution < -0.4 is 0 Å². The number of ether oxygens (including phenoxy) is 1. The van der Waals surface area contributed by atoms with Crippen LogP contribution in [0.4, 0.5) is 0 Å². The van der Waals surface area contributed by atoms with E-state index in [1.54, 1.807) is 0 Å². The molecule has 0 saturated carbocycles. The molecule has 8 nitrogen and oxygen atoms in total. The Hall–Kier alpha value is -1.19. The molecule has 1 atom stereocenters. The van der Waals surface area contributed by atoms with Gasteiger partial charge in [-0.2, -0.15) is 8.42 Å². The van der Waals surface area contributed by atoms with Crippen molar-refractivity contribution in [2.24, 2.45) is 0 Å². The zero-order valence-electron chi connectivity index (χ0n) is 14.8. The fraction of sp³-hybridized carbons (Fsp3) is 0.875. The number of hydrogen-bond acceptors (Lipinski definition) is 6.